The molecule has 36 heavy (non-hydrogen) atoms. The molecule has 0 aliphatic carbocycles. The Morgan fingerprint density at radius 1 is 1.08 bits per heavy atom. The van der Waals surface area contributed by atoms with E-state index in [0.717, 1.165) is 11.6 Å². The van der Waals surface area contributed by atoms with Crippen LogP contribution in [-0.2, 0) is 6.18 Å². The topological polar surface area (TPSA) is 83.9 Å². The Hall–Kier alpha value is -3.73. The Balaban J connectivity index is 1.54. The molecule has 1 amide bonds. The summed E-state index contributed by atoms with van der Waals surface area (Å²) < 4.78 is 42.8. The van der Waals surface area contributed by atoms with Crippen LogP contribution in [0.5, 0.6) is 0 Å². The number of amides is 1. The fourth-order valence-corrected chi connectivity index (χ4v) is 4.35. The maximum absolute atomic E-state index is 13.7. The SMILES string of the molecule is O=C(Nc1cc(-c2ccncc2)nn1-c1ccccc1)c1cc(C2CCNN2)c(C(F)(F)F)cc1Cl. The van der Waals surface area contributed by atoms with Gasteiger partial charge in [0.1, 0.15) is 5.82 Å². The van der Waals surface area contributed by atoms with Crippen molar-refractivity contribution in [1.82, 2.24) is 25.6 Å². The van der Waals surface area contributed by atoms with Gasteiger partial charge in [-0.05, 0) is 48.4 Å². The molecule has 1 atom stereocenters. The van der Waals surface area contributed by atoms with Crippen molar-refractivity contribution in [2.24, 2.45) is 0 Å². The van der Waals surface area contributed by atoms with Crippen LogP contribution >= 0.6 is 11.6 Å². The van der Waals surface area contributed by atoms with E-state index in [0.29, 0.717) is 30.2 Å². The zero-order valence-corrected chi connectivity index (χ0v) is 19.4. The molecule has 1 aliphatic heterocycles. The quantitative estimate of drug-likeness (QED) is 0.333. The molecular weight excluding hydrogens is 493 g/mol. The molecule has 0 spiro atoms. The number of pyridine rings is 1. The number of aromatic nitrogens is 3. The molecular formula is C25H20ClF3N6O. The monoisotopic (exact) mass is 512 g/mol. The Morgan fingerprint density at radius 2 is 1.83 bits per heavy atom. The van der Waals surface area contributed by atoms with Gasteiger partial charge in [0.2, 0.25) is 0 Å². The maximum Gasteiger partial charge on any atom is 0.416 e. The van der Waals surface area contributed by atoms with Crippen molar-refractivity contribution < 1.29 is 18.0 Å². The molecule has 3 N–H and O–H groups in total. The molecule has 4 aromatic rings. The van der Waals surface area contributed by atoms with Crippen LogP contribution < -0.4 is 16.2 Å². The van der Waals surface area contributed by atoms with Gasteiger partial charge in [-0.2, -0.15) is 18.3 Å². The summed E-state index contributed by atoms with van der Waals surface area (Å²) in [6.45, 7) is 0.500. The molecule has 11 heteroatoms. The minimum atomic E-state index is -4.62. The number of hydrogen-bond donors (Lipinski definition) is 3. The number of alkyl halides is 3. The molecule has 2 aromatic heterocycles. The van der Waals surface area contributed by atoms with Crippen LogP contribution in [0.3, 0.4) is 0 Å². The van der Waals surface area contributed by atoms with Crippen LogP contribution in [0.2, 0.25) is 5.02 Å². The molecule has 1 saturated heterocycles. The summed E-state index contributed by atoms with van der Waals surface area (Å²) in [5.41, 5.74) is 6.72. The molecule has 1 fully saturated rings. The van der Waals surface area contributed by atoms with E-state index in [9.17, 15) is 18.0 Å². The summed E-state index contributed by atoms with van der Waals surface area (Å²) in [6, 6.07) is 15.8. The minimum absolute atomic E-state index is 0.0453. The second-order valence-electron chi connectivity index (χ2n) is 8.18. The van der Waals surface area contributed by atoms with Crippen molar-refractivity contribution in [2.75, 3.05) is 11.9 Å². The van der Waals surface area contributed by atoms with Gasteiger partial charge in [-0.25, -0.2) is 4.68 Å². The van der Waals surface area contributed by atoms with Crippen molar-refractivity contribution in [3.05, 3.63) is 94.8 Å². The predicted molar refractivity (Wildman–Crippen MR) is 130 cm³/mol. The van der Waals surface area contributed by atoms with Gasteiger partial charge in [0.25, 0.3) is 5.91 Å². The lowest BCUT2D eigenvalue weighted by Gasteiger charge is -2.20. The number of anilines is 1. The summed E-state index contributed by atoms with van der Waals surface area (Å²) >= 11 is 6.21. The van der Waals surface area contributed by atoms with Gasteiger partial charge in [-0.15, -0.1) is 0 Å². The third-order valence-corrected chi connectivity index (χ3v) is 6.14. The van der Waals surface area contributed by atoms with Crippen molar-refractivity contribution in [1.29, 1.82) is 0 Å². The Bertz CT molecular complexity index is 1390. The summed E-state index contributed by atoms with van der Waals surface area (Å²) in [5, 5.41) is 7.10. The van der Waals surface area contributed by atoms with E-state index in [1.807, 2.05) is 30.3 Å². The van der Waals surface area contributed by atoms with Crippen LogP contribution in [0.15, 0.2) is 73.1 Å². The van der Waals surface area contributed by atoms with Gasteiger partial charge in [-0.3, -0.25) is 20.6 Å². The molecule has 1 aliphatic rings. The molecule has 5 rings (SSSR count). The Labute approximate surface area is 209 Å². The third kappa shape index (κ3) is 4.83. The van der Waals surface area contributed by atoms with E-state index in [-0.39, 0.29) is 16.1 Å². The zero-order valence-electron chi connectivity index (χ0n) is 18.7. The molecule has 1 unspecified atom stereocenters. The lowest BCUT2D eigenvalue weighted by atomic mass is 9.96. The summed E-state index contributed by atoms with van der Waals surface area (Å²) in [6.07, 6.45) is -0.930. The van der Waals surface area contributed by atoms with Crippen molar-refractivity contribution >= 4 is 23.3 Å². The number of para-hydroxylation sites is 1. The number of rotatable bonds is 5. The highest BCUT2D eigenvalue weighted by molar-refractivity contribution is 6.34. The van der Waals surface area contributed by atoms with E-state index in [4.69, 9.17) is 11.6 Å². The highest BCUT2D eigenvalue weighted by Gasteiger charge is 2.37. The van der Waals surface area contributed by atoms with Crippen LogP contribution in [0.4, 0.5) is 19.0 Å². The predicted octanol–water partition coefficient (Wildman–Crippen LogP) is 5.40. The smallest absolute Gasteiger partial charge is 0.306 e. The highest BCUT2D eigenvalue weighted by atomic mass is 35.5. The van der Waals surface area contributed by atoms with Gasteiger partial charge in [0.15, 0.2) is 0 Å². The zero-order chi connectivity index (χ0) is 25.3. The number of carbonyl (C=O) groups excluding carboxylic acids is 1. The van der Waals surface area contributed by atoms with E-state index in [1.165, 1.54) is 6.07 Å². The van der Waals surface area contributed by atoms with E-state index >= 15 is 0 Å². The van der Waals surface area contributed by atoms with Crippen LogP contribution in [-0.4, -0.2) is 27.2 Å². The fraction of sp³-hybridized carbons (Fsp3) is 0.160. The largest absolute Gasteiger partial charge is 0.416 e. The normalized spacial score (nSPS) is 15.7. The average molecular weight is 513 g/mol. The van der Waals surface area contributed by atoms with E-state index < -0.39 is 23.7 Å². The summed E-state index contributed by atoms with van der Waals surface area (Å²) in [7, 11) is 0. The maximum atomic E-state index is 13.7. The summed E-state index contributed by atoms with van der Waals surface area (Å²) in [5.74, 6) is -0.324. The molecule has 7 nitrogen and oxygen atoms in total. The standard InChI is InChI=1S/C25H20ClF3N6O/c26-20-13-19(25(27,28)29)17(21-8-11-31-33-21)12-18(20)24(36)32-23-14-22(15-6-9-30-10-7-15)34-35(23)16-4-2-1-3-5-16/h1-7,9-10,12-14,21,31,33H,8,11H2,(H,32,36). The lowest BCUT2D eigenvalue weighted by molar-refractivity contribution is -0.138. The van der Waals surface area contributed by atoms with Gasteiger partial charge >= 0.3 is 6.18 Å². The number of hydrazine groups is 1. The summed E-state index contributed by atoms with van der Waals surface area (Å²) in [4.78, 5) is 17.3. The van der Waals surface area contributed by atoms with Crippen molar-refractivity contribution in [3.8, 4) is 16.9 Å². The number of carbonyl (C=O) groups is 1. The number of hydrogen-bond acceptors (Lipinski definition) is 5. The first-order valence-corrected chi connectivity index (χ1v) is 11.5. The third-order valence-electron chi connectivity index (χ3n) is 5.83. The second kappa shape index (κ2) is 9.73. The van der Waals surface area contributed by atoms with Gasteiger partial charge in [0.05, 0.1) is 27.5 Å². The van der Waals surface area contributed by atoms with Gasteiger partial charge in [0, 0.05) is 36.6 Å². The molecule has 3 heterocycles. The highest BCUT2D eigenvalue weighted by Crippen LogP contribution is 2.39. The van der Waals surface area contributed by atoms with Gasteiger partial charge in [-0.1, -0.05) is 29.8 Å². The number of nitrogens with zero attached hydrogens (tertiary/aromatic N) is 3. The minimum Gasteiger partial charge on any atom is -0.306 e. The van der Waals surface area contributed by atoms with E-state index in [2.05, 4.69) is 26.3 Å². The number of nitrogens with one attached hydrogen (secondary N) is 3. The lowest BCUT2D eigenvalue weighted by Crippen LogP contribution is -2.27. The number of halogens is 4. The van der Waals surface area contributed by atoms with Crippen molar-refractivity contribution in [3.63, 3.8) is 0 Å². The molecule has 0 saturated carbocycles. The first kappa shape index (κ1) is 24.0. The van der Waals surface area contributed by atoms with Crippen molar-refractivity contribution in [2.45, 2.75) is 18.6 Å². The molecule has 2 aromatic carbocycles. The van der Waals surface area contributed by atoms with Crippen LogP contribution in [0.1, 0.15) is 33.9 Å². The second-order valence-corrected chi connectivity index (χ2v) is 8.59. The molecule has 0 radical (unpaired) electrons. The molecule has 184 valence electrons. The van der Waals surface area contributed by atoms with Gasteiger partial charge < -0.3 is 5.32 Å². The van der Waals surface area contributed by atoms with E-state index in [1.54, 1.807) is 35.3 Å². The first-order chi connectivity index (χ1) is 17.3. The molecule has 0 bridgehead atoms. The average Bonchev–Trinajstić information content (AvgIpc) is 3.55. The fourth-order valence-electron chi connectivity index (χ4n) is 4.10. The first-order valence-electron chi connectivity index (χ1n) is 11.1. The van der Waals surface area contributed by atoms with Crippen LogP contribution in [0.25, 0.3) is 16.9 Å². The number of benzene rings is 2. The Morgan fingerprint density at radius 3 is 2.50 bits per heavy atom. The van der Waals surface area contributed by atoms with Crippen LogP contribution in [0, 0.1) is 0 Å². The Kier molecular flexibility index (Phi) is 6.48.